The second-order valence-corrected chi connectivity index (χ2v) is 7.01. The van der Waals surface area contributed by atoms with Crippen LogP contribution in [-0.2, 0) is 6.54 Å². The lowest BCUT2D eigenvalue weighted by molar-refractivity contribution is 0.0533. The maximum Gasteiger partial charge on any atom is 0.253 e. The van der Waals surface area contributed by atoms with E-state index in [0.717, 1.165) is 24.1 Å². The molecule has 122 valence electrons. The van der Waals surface area contributed by atoms with Crippen molar-refractivity contribution in [1.29, 1.82) is 0 Å². The molecule has 1 fully saturated rings. The first-order valence-corrected chi connectivity index (χ1v) is 8.07. The van der Waals surface area contributed by atoms with Crippen molar-refractivity contribution >= 4 is 5.91 Å². The Labute approximate surface area is 137 Å². The fourth-order valence-corrected chi connectivity index (χ4v) is 3.06. The Morgan fingerprint density at radius 2 is 2.09 bits per heavy atom. The largest absolute Gasteiger partial charge is 0.338 e. The van der Waals surface area contributed by atoms with Crippen LogP contribution >= 0.6 is 0 Å². The van der Waals surface area contributed by atoms with Crippen molar-refractivity contribution in [3.63, 3.8) is 0 Å². The smallest absolute Gasteiger partial charge is 0.253 e. The second-order valence-electron chi connectivity index (χ2n) is 7.01. The molecule has 0 aliphatic carbocycles. The minimum absolute atomic E-state index is 0.0338. The third-order valence-corrected chi connectivity index (χ3v) is 4.70. The molecular weight excluding hydrogens is 288 g/mol. The molecule has 23 heavy (non-hydrogen) atoms. The van der Waals surface area contributed by atoms with Gasteiger partial charge in [-0.2, -0.15) is 5.10 Å². The topological polar surface area (TPSA) is 64.2 Å². The monoisotopic (exact) mass is 312 g/mol. The van der Waals surface area contributed by atoms with E-state index in [1.807, 2.05) is 46.1 Å². The first-order chi connectivity index (χ1) is 11.0. The van der Waals surface area contributed by atoms with Gasteiger partial charge in [0.15, 0.2) is 0 Å². The Morgan fingerprint density at radius 1 is 1.35 bits per heavy atom. The number of carbonyl (C=O) groups is 1. The van der Waals surface area contributed by atoms with Gasteiger partial charge in [0, 0.05) is 37.1 Å². The van der Waals surface area contributed by atoms with Gasteiger partial charge in [-0.05, 0) is 35.6 Å². The number of piperidine rings is 1. The summed E-state index contributed by atoms with van der Waals surface area (Å²) >= 11 is 0. The van der Waals surface area contributed by atoms with E-state index in [1.54, 1.807) is 6.20 Å². The predicted octanol–water partition coefficient (Wildman–Crippen LogP) is 2.13. The minimum atomic E-state index is -0.0338. The number of nitrogens with two attached hydrogens (primary N) is 1. The molecule has 2 aromatic rings. The first kappa shape index (κ1) is 15.7. The van der Waals surface area contributed by atoms with Crippen molar-refractivity contribution in [1.82, 2.24) is 14.7 Å². The summed E-state index contributed by atoms with van der Waals surface area (Å²) in [5, 5.41) is 4.20. The lowest BCUT2D eigenvalue weighted by Gasteiger charge is -2.42. The van der Waals surface area contributed by atoms with Crippen molar-refractivity contribution in [2.75, 3.05) is 13.1 Å². The van der Waals surface area contributed by atoms with Gasteiger partial charge in [-0.15, -0.1) is 0 Å². The summed E-state index contributed by atoms with van der Waals surface area (Å²) in [4.78, 5) is 14.6. The summed E-state index contributed by atoms with van der Waals surface area (Å²) in [6, 6.07) is 9.86. The van der Waals surface area contributed by atoms with Crippen LogP contribution in [0.15, 0.2) is 42.7 Å². The van der Waals surface area contributed by atoms with Gasteiger partial charge in [0.2, 0.25) is 0 Å². The molecule has 1 amide bonds. The summed E-state index contributed by atoms with van der Waals surface area (Å²) in [6.07, 6.45) is 4.55. The maximum atomic E-state index is 12.7. The van der Waals surface area contributed by atoms with Crippen molar-refractivity contribution in [2.45, 2.75) is 32.9 Å². The molecule has 0 radical (unpaired) electrons. The molecule has 1 aliphatic rings. The van der Waals surface area contributed by atoms with Gasteiger partial charge in [0.05, 0.1) is 6.54 Å². The van der Waals surface area contributed by atoms with E-state index < -0.39 is 0 Å². The van der Waals surface area contributed by atoms with Gasteiger partial charge in [-0.3, -0.25) is 9.48 Å². The summed E-state index contributed by atoms with van der Waals surface area (Å²) in [5.41, 5.74) is 7.99. The molecule has 1 unspecified atom stereocenters. The van der Waals surface area contributed by atoms with Crippen LogP contribution < -0.4 is 5.73 Å². The van der Waals surface area contributed by atoms with Crippen molar-refractivity contribution in [2.24, 2.45) is 11.1 Å². The van der Waals surface area contributed by atoms with E-state index in [0.29, 0.717) is 13.1 Å². The summed E-state index contributed by atoms with van der Waals surface area (Å²) < 4.78 is 1.87. The highest BCUT2D eigenvalue weighted by Crippen LogP contribution is 2.28. The Kier molecular flexibility index (Phi) is 4.22. The van der Waals surface area contributed by atoms with Gasteiger partial charge in [-0.1, -0.05) is 26.0 Å². The van der Waals surface area contributed by atoms with Crippen LogP contribution in [0, 0.1) is 5.41 Å². The SMILES string of the molecule is CC1(C)CN(C(=O)c2ccc(Cn3cccn3)cc2)CCC1N. The first-order valence-electron chi connectivity index (χ1n) is 8.07. The molecular formula is C18H24N4O. The van der Waals surface area contributed by atoms with Crippen LogP contribution in [0.25, 0.3) is 0 Å². The van der Waals surface area contributed by atoms with E-state index in [-0.39, 0.29) is 17.4 Å². The maximum absolute atomic E-state index is 12.7. The number of aromatic nitrogens is 2. The fourth-order valence-electron chi connectivity index (χ4n) is 3.06. The highest BCUT2D eigenvalue weighted by atomic mass is 16.2. The number of hydrogen-bond acceptors (Lipinski definition) is 3. The fraction of sp³-hybridized carbons (Fsp3) is 0.444. The van der Waals surface area contributed by atoms with E-state index >= 15 is 0 Å². The van der Waals surface area contributed by atoms with Crippen LogP contribution in [0.4, 0.5) is 0 Å². The average molecular weight is 312 g/mol. The van der Waals surface area contributed by atoms with E-state index in [1.165, 1.54) is 0 Å². The zero-order chi connectivity index (χ0) is 16.4. The molecule has 3 rings (SSSR count). The molecule has 5 nitrogen and oxygen atoms in total. The number of amides is 1. The normalized spacial score (nSPS) is 20.5. The Balaban J connectivity index is 1.68. The van der Waals surface area contributed by atoms with E-state index in [4.69, 9.17) is 5.73 Å². The van der Waals surface area contributed by atoms with Crippen molar-refractivity contribution in [3.05, 3.63) is 53.9 Å². The quantitative estimate of drug-likeness (QED) is 0.944. The van der Waals surface area contributed by atoms with E-state index in [9.17, 15) is 4.79 Å². The molecule has 1 aromatic carbocycles. The number of hydrogen-bond donors (Lipinski definition) is 1. The molecule has 0 spiro atoms. The molecule has 1 aliphatic heterocycles. The summed E-state index contributed by atoms with van der Waals surface area (Å²) in [6.45, 7) is 6.42. The van der Waals surface area contributed by atoms with Crippen LogP contribution in [0.5, 0.6) is 0 Å². The lowest BCUT2D eigenvalue weighted by atomic mass is 9.79. The summed E-state index contributed by atoms with van der Waals surface area (Å²) in [5.74, 6) is 0.0932. The summed E-state index contributed by atoms with van der Waals surface area (Å²) in [7, 11) is 0. The Bertz CT molecular complexity index is 661. The predicted molar refractivity (Wildman–Crippen MR) is 90.0 cm³/mol. The van der Waals surface area contributed by atoms with Gasteiger partial charge in [-0.25, -0.2) is 0 Å². The number of carbonyl (C=O) groups excluding carboxylic acids is 1. The van der Waals surface area contributed by atoms with Gasteiger partial charge in [0.1, 0.15) is 0 Å². The minimum Gasteiger partial charge on any atom is -0.338 e. The highest BCUT2D eigenvalue weighted by Gasteiger charge is 2.35. The molecule has 2 N–H and O–H groups in total. The molecule has 5 heteroatoms. The van der Waals surface area contributed by atoms with Crippen molar-refractivity contribution < 1.29 is 4.79 Å². The van der Waals surface area contributed by atoms with Crippen LogP contribution in [0.3, 0.4) is 0 Å². The Morgan fingerprint density at radius 3 is 2.70 bits per heavy atom. The average Bonchev–Trinajstić information content (AvgIpc) is 3.03. The van der Waals surface area contributed by atoms with Gasteiger partial charge in [0.25, 0.3) is 5.91 Å². The highest BCUT2D eigenvalue weighted by molar-refractivity contribution is 5.94. The molecule has 2 heterocycles. The number of benzene rings is 1. The van der Waals surface area contributed by atoms with E-state index in [2.05, 4.69) is 18.9 Å². The van der Waals surface area contributed by atoms with Crippen molar-refractivity contribution in [3.8, 4) is 0 Å². The zero-order valence-corrected chi connectivity index (χ0v) is 13.8. The van der Waals surface area contributed by atoms with Crippen LogP contribution in [0.2, 0.25) is 0 Å². The third-order valence-electron chi connectivity index (χ3n) is 4.70. The third kappa shape index (κ3) is 3.45. The molecule has 0 bridgehead atoms. The van der Waals surface area contributed by atoms with Crippen LogP contribution in [-0.4, -0.2) is 39.7 Å². The molecule has 0 saturated carbocycles. The lowest BCUT2D eigenvalue weighted by Crippen LogP contribution is -2.53. The molecule has 1 saturated heterocycles. The zero-order valence-electron chi connectivity index (χ0n) is 13.8. The van der Waals surface area contributed by atoms with Crippen LogP contribution in [0.1, 0.15) is 36.2 Å². The second kappa shape index (κ2) is 6.16. The van der Waals surface area contributed by atoms with Gasteiger partial charge >= 0.3 is 0 Å². The number of likely N-dealkylation sites (tertiary alicyclic amines) is 1. The number of nitrogens with zero attached hydrogens (tertiary/aromatic N) is 3. The number of rotatable bonds is 3. The molecule has 1 aromatic heterocycles. The Hall–Kier alpha value is -2.14. The molecule has 1 atom stereocenters. The standard InChI is InChI=1S/C18H24N4O/c1-18(2)13-21(11-8-16(18)19)17(23)15-6-4-14(5-7-15)12-22-10-3-9-20-22/h3-7,9-10,16H,8,11-13,19H2,1-2H3. The van der Waals surface area contributed by atoms with Gasteiger partial charge < -0.3 is 10.6 Å².